The summed E-state index contributed by atoms with van der Waals surface area (Å²) in [5.41, 5.74) is 0.940. The molecule has 0 saturated heterocycles. The molecule has 0 radical (unpaired) electrons. The monoisotopic (exact) mass is 300 g/mol. The summed E-state index contributed by atoms with van der Waals surface area (Å²) >= 11 is 1.30. The van der Waals surface area contributed by atoms with Gasteiger partial charge in [-0.2, -0.15) is 5.10 Å². The van der Waals surface area contributed by atoms with Crippen molar-refractivity contribution in [2.75, 3.05) is 5.32 Å². The maximum absolute atomic E-state index is 10.8. The van der Waals surface area contributed by atoms with Gasteiger partial charge in [-0.3, -0.25) is 0 Å². The molecular weight excluding hydrogens is 288 g/mol. The molecule has 3 rings (SSSR count). The van der Waals surface area contributed by atoms with Crippen molar-refractivity contribution < 1.29 is 9.90 Å². The van der Waals surface area contributed by atoms with Crippen molar-refractivity contribution in [2.24, 2.45) is 0 Å². The van der Waals surface area contributed by atoms with Crippen LogP contribution in [-0.2, 0) is 6.54 Å². The first-order valence-electron chi connectivity index (χ1n) is 6.29. The van der Waals surface area contributed by atoms with E-state index in [9.17, 15) is 4.79 Å². The van der Waals surface area contributed by atoms with E-state index in [2.05, 4.69) is 20.5 Å². The van der Waals surface area contributed by atoms with Gasteiger partial charge in [-0.1, -0.05) is 24.3 Å². The Balaban J connectivity index is 1.85. The number of fused-ring (bicyclic) bond motifs is 1. The van der Waals surface area contributed by atoms with Crippen molar-refractivity contribution in [1.82, 2.24) is 15.2 Å². The maximum atomic E-state index is 10.8. The molecule has 0 bridgehead atoms. The lowest BCUT2D eigenvalue weighted by Crippen LogP contribution is -2.05. The van der Waals surface area contributed by atoms with E-state index in [4.69, 9.17) is 5.11 Å². The van der Waals surface area contributed by atoms with E-state index in [0.717, 1.165) is 16.5 Å². The summed E-state index contributed by atoms with van der Waals surface area (Å²) in [7, 11) is 0. The normalized spacial score (nSPS) is 10.7. The quantitative estimate of drug-likeness (QED) is 0.770. The van der Waals surface area contributed by atoms with Crippen LogP contribution in [0.4, 0.5) is 5.82 Å². The van der Waals surface area contributed by atoms with Crippen LogP contribution < -0.4 is 5.32 Å². The minimum atomic E-state index is -1.02. The molecule has 1 aromatic carbocycles. The Morgan fingerprint density at radius 2 is 2.05 bits per heavy atom. The Bertz CT molecular complexity index is 816. The number of aromatic nitrogens is 3. The molecule has 0 saturated carbocycles. The van der Waals surface area contributed by atoms with E-state index in [0.29, 0.717) is 17.4 Å². The molecule has 7 heteroatoms. The third kappa shape index (κ3) is 2.68. The van der Waals surface area contributed by atoms with Gasteiger partial charge in [0.15, 0.2) is 11.5 Å². The van der Waals surface area contributed by atoms with E-state index in [1.807, 2.05) is 31.2 Å². The summed E-state index contributed by atoms with van der Waals surface area (Å²) in [6.45, 7) is 2.33. The van der Waals surface area contributed by atoms with Crippen LogP contribution in [0, 0.1) is 6.92 Å². The third-order valence-corrected chi connectivity index (χ3v) is 3.90. The number of aryl methyl sites for hydroxylation is 1. The molecule has 0 amide bonds. The zero-order valence-corrected chi connectivity index (χ0v) is 12.0. The molecule has 0 unspecified atom stereocenters. The number of hydrogen-bond donors (Lipinski definition) is 2. The van der Waals surface area contributed by atoms with Crippen molar-refractivity contribution in [3.05, 3.63) is 46.0 Å². The molecule has 0 spiro atoms. The fourth-order valence-corrected chi connectivity index (χ4v) is 2.73. The van der Waals surface area contributed by atoms with Crippen molar-refractivity contribution in [2.45, 2.75) is 13.5 Å². The Labute approximate surface area is 124 Å². The first-order chi connectivity index (χ1) is 10.1. The van der Waals surface area contributed by atoms with Gasteiger partial charge >= 0.3 is 5.97 Å². The second-order valence-corrected chi connectivity index (χ2v) is 5.41. The van der Waals surface area contributed by atoms with E-state index in [-0.39, 0.29) is 5.69 Å². The number of aromatic carboxylic acids is 1. The van der Waals surface area contributed by atoms with Gasteiger partial charge < -0.3 is 10.4 Å². The lowest BCUT2D eigenvalue weighted by atomic mass is 10.1. The number of carboxylic acids is 1. The van der Waals surface area contributed by atoms with Crippen LogP contribution in [0.2, 0.25) is 0 Å². The molecule has 0 fully saturated rings. The van der Waals surface area contributed by atoms with Crippen LogP contribution in [0.1, 0.15) is 21.2 Å². The van der Waals surface area contributed by atoms with Gasteiger partial charge in [0, 0.05) is 16.2 Å². The molecule has 0 aliphatic heterocycles. The molecular formula is C14H12N4O2S. The number of nitrogens with zero attached hydrogens (tertiary/aromatic N) is 3. The largest absolute Gasteiger partial charge is 0.476 e. The number of hydrogen-bond acceptors (Lipinski definition) is 6. The number of thiazole rings is 1. The average Bonchev–Trinajstić information content (AvgIpc) is 2.96. The number of nitrogens with one attached hydrogen (secondary N) is 1. The van der Waals surface area contributed by atoms with Gasteiger partial charge in [0.1, 0.15) is 5.01 Å². The molecule has 2 N–H and O–H groups in total. The highest BCUT2D eigenvalue weighted by atomic mass is 32.1. The second kappa shape index (κ2) is 5.45. The van der Waals surface area contributed by atoms with Gasteiger partial charge in [-0.25, -0.2) is 9.78 Å². The second-order valence-electron chi connectivity index (χ2n) is 4.46. The number of carbonyl (C=O) groups is 1. The fraction of sp³-hybridized carbons (Fsp3) is 0.143. The molecule has 21 heavy (non-hydrogen) atoms. The van der Waals surface area contributed by atoms with Crippen molar-refractivity contribution in [1.29, 1.82) is 0 Å². The van der Waals surface area contributed by atoms with E-state index in [1.54, 1.807) is 0 Å². The molecule has 0 aliphatic carbocycles. The summed E-state index contributed by atoms with van der Waals surface area (Å²) in [4.78, 5) is 14.8. The van der Waals surface area contributed by atoms with E-state index < -0.39 is 5.97 Å². The molecule has 0 atom stereocenters. The summed E-state index contributed by atoms with van der Waals surface area (Å²) in [5.74, 6) is -0.346. The number of carboxylic acid groups (broad SMARTS) is 1. The van der Waals surface area contributed by atoms with Crippen LogP contribution in [-0.4, -0.2) is 26.3 Å². The molecule has 6 nitrogen and oxygen atoms in total. The minimum absolute atomic E-state index is 0.0663. The van der Waals surface area contributed by atoms with Crippen LogP contribution in [0.5, 0.6) is 0 Å². The highest BCUT2D eigenvalue weighted by Gasteiger charge is 2.10. The highest BCUT2D eigenvalue weighted by molar-refractivity contribution is 7.09. The zero-order chi connectivity index (χ0) is 14.8. The van der Waals surface area contributed by atoms with Crippen molar-refractivity contribution in [3.63, 3.8) is 0 Å². The predicted octanol–water partition coefficient (Wildman–Crippen LogP) is 2.71. The number of anilines is 1. The summed E-state index contributed by atoms with van der Waals surface area (Å²) in [5, 5.41) is 24.6. The number of benzene rings is 1. The van der Waals surface area contributed by atoms with E-state index >= 15 is 0 Å². The maximum Gasteiger partial charge on any atom is 0.355 e. The molecule has 2 aromatic heterocycles. The SMILES string of the molecule is Cc1nnc(NCc2nc(C(=O)O)cs2)c2ccccc12. The molecule has 3 aromatic rings. The Morgan fingerprint density at radius 1 is 1.29 bits per heavy atom. The van der Waals surface area contributed by atoms with Crippen LogP contribution in [0.25, 0.3) is 10.8 Å². The van der Waals surface area contributed by atoms with Crippen molar-refractivity contribution in [3.8, 4) is 0 Å². The van der Waals surface area contributed by atoms with Gasteiger partial charge in [0.25, 0.3) is 0 Å². The van der Waals surface area contributed by atoms with Gasteiger partial charge in [-0.05, 0) is 6.92 Å². The van der Waals surface area contributed by atoms with Crippen molar-refractivity contribution >= 4 is 33.9 Å². The highest BCUT2D eigenvalue weighted by Crippen LogP contribution is 2.23. The molecule has 2 heterocycles. The fourth-order valence-electron chi connectivity index (χ4n) is 2.02. The van der Waals surface area contributed by atoms with Crippen LogP contribution in [0.3, 0.4) is 0 Å². The third-order valence-electron chi connectivity index (χ3n) is 3.05. The zero-order valence-electron chi connectivity index (χ0n) is 11.2. The Morgan fingerprint density at radius 3 is 2.76 bits per heavy atom. The summed E-state index contributed by atoms with van der Waals surface area (Å²) in [6.07, 6.45) is 0. The van der Waals surface area contributed by atoms with Gasteiger partial charge in [0.05, 0.1) is 12.2 Å². The van der Waals surface area contributed by atoms with E-state index in [1.165, 1.54) is 16.7 Å². The molecule has 106 valence electrons. The van der Waals surface area contributed by atoms with Gasteiger partial charge in [-0.15, -0.1) is 16.4 Å². The summed E-state index contributed by atoms with van der Waals surface area (Å²) < 4.78 is 0. The lowest BCUT2D eigenvalue weighted by Gasteiger charge is -2.08. The lowest BCUT2D eigenvalue weighted by molar-refractivity contribution is 0.0691. The Kier molecular flexibility index (Phi) is 3.49. The molecule has 0 aliphatic rings. The Hall–Kier alpha value is -2.54. The first kappa shape index (κ1) is 13.4. The summed E-state index contributed by atoms with van der Waals surface area (Å²) in [6, 6.07) is 7.88. The number of rotatable bonds is 4. The van der Waals surface area contributed by atoms with Crippen LogP contribution in [0.15, 0.2) is 29.6 Å². The first-order valence-corrected chi connectivity index (χ1v) is 7.16. The van der Waals surface area contributed by atoms with Crippen LogP contribution >= 0.6 is 11.3 Å². The minimum Gasteiger partial charge on any atom is -0.476 e. The van der Waals surface area contributed by atoms with Gasteiger partial charge in [0.2, 0.25) is 0 Å². The topological polar surface area (TPSA) is 88.0 Å². The smallest absolute Gasteiger partial charge is 0.355 e. The average molecular weight is 300 g/mol. The predicted molar refractivity (Wildman–Crippen MR) is 80.7 cm³/mol. The standard InChI is InChI=1S/C14H12N4O2S/c1-8-9-4-2-3-5-10(9)13(18-17-8)15-6-12-16-11(7-21-12)14(19)20/h2-5,7H,6H2,1H3,(H,15,18)(H,19,20).